The summed E-state index contributed by atoms with van der Waals surface area (Å²) < 4.78 is 5.28. The molecule has 1 saturated heterocycles. The van der Waals surface area contributed by atoms with E-state index in [1.165, 1.54) is 38.0 Å². The molecule has 0 radical (unpaired) electrons. The Kier molecular flexibility index (Phi) is 9.40. The lowest BCUT2D eigenvalue weighted by Gasteiger charge is -2.28. The first-order valence-electron chi connectivity index (χ1n) is 9.97. The summed E-state index contributed by atoms with van der Waals surface area (Å²) in [6, 6.07) is 8.51. The molecule has 0 aromatic heterocycles. The summed E-state index contributed by atoms with van der Waals surface area (Å²) in [4.78, 5) is 10.0. The van der Waals surface area contributed by atoms with Crippen molar-refractivity contribution in [3.63, 3.8) is 0 Å². The molecular formula is C21H38N4O. The maximum absolute atomic E-state index is 5.28. The molecule has 26 heavy (non-hydrogen) atoms. The lowest BCUT2D eigenvalue weighted by atomic mass is 10.2. The van der Waals surface area contributed by atoms with E-state index in [1.54, 1.807) is 7.11 Å². The first-order valence-corrected chi connectivity index (χ1v) is 9.97. The van der Waals surface area contributed by atoms with Crippen LogP contribution in [0.25, 0.3) is 0 Å². The molecule has 5 nitrogen and oxygen atoms in total. The minimum absolute atomic E-state index is 0.932. The van der Waals surface area contributed by atoms with E-state index in [0.717, 1.165) is 45.0 Å². The van der Waals surface area contributed by atoms with Gasteiger partial charge in [0.1, 0.15) is 5.75 Å². The van der Waals surface area contributed by atoms with E-state index in [1.807, 2.05) is 0 Å². The van der Waals surface area contributed by atoms with E-state index >= 15 is 0 Å². The third-order valence-corrected chi connectivity index (χ3v) is 5.32. The monoisotopic (exact) mass is 362 g/mol. The molecule has 1 aliphatic rings. The Morgan fingerprint density at radius 2 is 1.19 bits per heavy atom. The molecular weight excluding hydrogens is 324 g/mol. The molecule has 0 aliphatic carbocycles. The number of benzene rings is 1. The van der Waals surface area contributed by atoms with E-state index in [-0.39, 0.29) is 0 Å². The summed E-state index contributed by atoms with van der Waals surface area (Å²) in [5.74, 6) is 0.932. The van der Waals surface area contributed by atoms with Crippen LogP contribution in [0.1, 0.15) is 18.4 Å². The van der Waals surface area contributed by atoms with Gasteiger partial charge in [0.25, 0.3) is 0 Å². The Labute approximate surface area is 160 Å². The average molecular weight is 363 g/mol. The molecule has 0 atom stereocenters. The highest BCUT2D eigenvalue weighted by Gasteiger charge is 2.11. The zero-order chi connectivity index (χ0) is 18.8. The van der Waals surface area contributed by atoms with Gasteiger partial charge < -0.3 is 19.4 Å². The molecule has 2 rings (SSSR count). The molecule has 0 amide bonds. The van der Waals surface area contributed by atoms with E-state index in [4.69, 9.17) is 4.74 Å². The number of rotatable bonds is 3. The molecule has 1 fully saturated rings. The largest absolute Gasteiger partial charge is 0.497 e. The summed E-state index contributed by atoms with van der Waals surface area (Å²) in [7, 11) is 8.48. The molecule has 1 aromatic carbocycles. The van der Waals surface area contributed by atoms with E-state index in [0.29, 0.717) is 0 Å². The minimum atomic E-state index is 0.932. The Morgan fingerprint density at radius 3 is 1.73 bits per heavy atom. The van der Waals surface area contributed by atoms with Crippen LogP contribution in [-0.4, -0.2) is 100 Å². The van der Waals surface area contributed by atoms with Crippen molar-refractivity contribution in [1.29, 1.82) is 0 Å². The SMILES string of the molecule is COc1ccc(CN2CCCN(C)CCN(C)CCCN(C)CC2)cc1. The van der Waals surface area contributed by atoms with Crippen LogP contribution in [0.3, 0.4) is 0 Å². The fraction of sp³-hybridized carbons (Fsp3) is 0.714. The van der Waals surface area contributed by atoms with Gasteiger partial charge in [0.2, 0.25) is 0 Å². The highest BCUT2D eigenvalue weighted by Crippen LogP contribution is 2.13. The van der Waals surface area contributed by atoms with Gasteiger partial charge in [0, 0.05) is 32.7 Å². The summed E-state index contributed by atoms with van der Waals surface area (Å²) >= 11 is 0. The molecule has 1 aromatic rings. The molecule has 1 aliphatic heterocycles. The fourth-order valence-electron chi connectivity index (χ4n) is 3.42. The summed E-state index contributed by atoms with van der Waals surface area (Å²) in [5, 5.41) is 0. The van der Waals surface area contributed by atoms with Crippen molar-refractivity contribution in [2.45, 2.75) is 19.4 Å². The van der Waals surface area contributed by atoms with Crippen LogP contribution < -0.4 is 4.74 Å². The van der Waals surface area contributed by atoms with Crippen LogP contribution in [0, 0.1) is 0 Å². The van der Waals surface area contributed by atoms with Gasteiger partial charge in [0.15, 0.2) is 0 Å². The standard InChI is InChI=1S/C21H38N4O/c1-22-11-5-12-24(3)17-18-25(14-6-13-23(2)16-15-22)19-20-7-9-21(26-4)10-8-20/h7-10H,5-6,11-19H2,1-4H3. The van der Waals surface area contributed by atoms with Crippen molar-refractivity contribution >= 4 is 0 Å². The van der Waals surface area contributed by atoms with E-state index in [9.17, 15) is 0 Å². The third kappa shape index (κ3) is 8.04. The minimum Gasteiger partial charge on any atom is -0.497 e. The van der Waals surface area contributed by atoms with E-state index in [2.05, 4.69) is 65.0 Å². The number of hydrogen-bond acceptors (Lipinski definition) is 5. The quantitative estimate of drug-likeness (QED) is 0.819. The predicted molar refractivity (Wildman–Crippen MR) is 110 cm³/mol. The molecule has 148 valence electrons. The second-order valence-electron chi connectivity index (χ2n) is 7.74. The highest BCUT2D eigenvalue weighted by atomic mass is 16.5. The maximum Gasteiger partial charge on any atom is 0.118 e. The van der Waals surface area contributed by atoms with Gasteiger partial charge in [-0.25, -0.2) is 0 Å². The van der Waals surface area contributed by atoms with Crippen LogP contribution in [0.15, 0.2) is 24.3 Å². The van der Waals surface area contributed by atoms with Crippen LogP contribution >= 0.6 is 0 Å². The summed E-state index contributed by atoms with van der Waals surface area (Å²) in [5.41, 5.74) is 1.37. The van der Waals surface area contributed by atoms with Gasteiger partial charge in [-0.1, -0.05) is 12.1 Å². The van der Waals surface area contributed by atoms with Crippen LogP contribution in [0.2, 0.25) is 0 Å². The second kappa shape index (κ2) is 11.5. The fourth-order valence-corrected chi connectivity index (χ4v) is 3.42. The first-order chi connectivity index (χ1) is 12.6. The Balaban J connectivity index is 1.92. The van der Waals surface area contributed by atoms with Crippen molar-refractivity contribution in [3.8, 4) is 5.75 Å². The molecule has 5 heteroatoms. The molecule has 0 saturated carbocycles. The van der Waals surface area contributed by atoms with Crippen LogP contribution in [0.4, 0.5) is 0 Å². The summed E-state index contributed by atoms with van der Waals surface area (Å²) in [6.07, 6.45) is 2.47. The van der Waals surface area contributed by atoms with Crippen molar-refractivity contribution in [3.05, 3.63) is 29.8 Å². The van der Waals surface area contributed by atoms with Gasteiger partial charge >= 0.3 is 0 Å². The summed E-state index contributed by atoms with van der Waals surface area (Å²) in [6.45, 7) is 10.3. The zero-order valence-corrected chi connectivity index (χ0v) is 17.3. The number of nitrogens with zero attached hydrogens (tertiary/aromatic N) is 4. The van der Waals surface area contributed by atoms with Crippen molar-refractivity contribution in [2.24, 2.45) is 0 Å². The number of ether oxygens (including phenoxy) is 1. The lowest BCUT2D eigenvalue weighted by Crippen LogP contribution is -2.38. The normalized spacial score (nSPS) is 21.4. The van der Waals surface area contributed by atoms with Gasteiger partial charge in [-0.3, -0.25) is 4.90 Å². The maximum atomic E-state index is 5.28. The van der Waals surface area contributed by atoms with Gasteiger partial charge in [0.05, 0.1) is 7.11 Å². The molecule has 0 spiro atoms. The Morgan fingerprint density at radius 1 is 0.692 bits per heavy atom. The van der Waals surface area contributed by atoms with E-state index < -0.39 is 0 Å². The number of hydrogen-bond donors (Lipinski definition) is 0. The van der Waals surface area contributed by atoms with Crippen molar-refractivity contribution in [1.82, 2.24) is 19.6 Å². The van der Waals surface area contributed by atoms with Crippen LogP contribution in [-0.2, 0) is 6.54 Å². The predicted octanol–water partition coefficient (Wildman–Crippen LogP) is 2.09. The van der Waals surface area contributed by atoms with Crippen molar-refractivity contribution in [2.75, 3.05) is 80.6 Å². The van der Waals surface area contributed by atoms with Crippen molar-refractivity contribution < 1.29 is 4.74 Å². The smallest absolute Gasteiger partial charge is 0.118 e. The second-order valence-corrected chi connectivity index (χ2v) is 7.74. The zero-order valence-electron chi connectivity index (χ0n) is 17.3. The molecule has 0 bridgehead atoms. The average Bonchev–Trinajstić information content (AvgIpc) is 2.64. The van der Waals surface area contributed by atoms with Gasteiger partial charge in [-0.2, -0.15) is 0 Å². The topological polar surface area (TPSA) is 22.2 Å². The molecule has 0 unspecified atom stereocenters. The van der Waals surface area contributed by atoms with Crippen LogP contribution in [0.5, 0.6) is 5.75 Å². The van der Waals surface area contributed by atoms with Gasteiger partial charge in [-0.05, 0) is 77.9 Å². The first kappa shape index (κ1) is 21.2. The Bertz CT molecular complexity index is 493. The molecule has 1 heterocycles. The molecule has 0 N–H and O–H groups in total. The third-order valence-electron chi connectivity index (χ3n) is 5.32. The number of likely N-dealkylation sites (N-methyl/N-ethyl adjacent to an activating group) is 3. The van der Waals surface area contributed by atoms with Gasteiger partial charge in [-0.15, -0.1) is 0 Å². The lowest BCUT2D eigenvalue weighted by molar-refractivity contribution is 0.186. The Hall–Kier alpha value is -1.14. The number of methoxy groups -OCH3 is 1. The highest BCUT2D eigenvalue weighted by molar-refractivity contribution is 5.27.